The van der Waals surface area contributed by atoms with Gasteiger partial charge in [-0.1, -0.05) is 25.1 Å². The Morgan fingerprint density at radius 1 is 0.947 bits per heavy atom. The van der Waals surface area contributed by atoms with Crippen molar-refractivity contribution < 1.29 is 48.6 Å². The van der Waals surface area contributed by atoms with E-state index in [0.29, 0.717) is 12.1 Å². The van der Waals surface area contributed by atoms with Crippen LogP contribution in [0.25, 0.3) is 11.1 Å². The summed E-state index contributed by atoms with van der Waals surface area (Å²) in [5.41, 5.74) is -7.44. The Hall–Kier alpha value is -2.29. The van der Waals surface area contributed by atoms with Gasteiger partial charge in [-0.2, -0.15) is 30.6 Å². The predicted molar refractivity (Wildman–Crippen MR) is 124 cm³/mol. The Morgan fingerprint density at radius 3 is 1.95 bits per heavy atom. The number of sulfonamides is 1. The number of hydrogen-bond donors (Lipinski definition) is 1. The largest absolute Gasteiger partial charge is 0.430 e. The number of aliphatic hydroxyl groups is 1. The molecule has 38 heavy (non-hydrogen) atoms. The van der Waals surface area contributed by atoms with Crippen molar-refractivity contribution in [3.8, 4) is 11.1 Å². The first kappa shape index (κ1) is 30.3. The molecule has 0 atom stereocenters. The molecule has 1 fully saturated rings. The maximum Gasteiger partial charge on any atom is 0.430 e. The van der Waals surface area contributed by atoms with Crippen LogP contribution < -0.4 is 0 Å². The molecule has 0 bridgehead atoms. The monoisotopic (exact) mass is 574 g/mol. The lowest BCUT2D eigenvalue weighted by molar-refractivity contribution is -0.376. The molecule has 0 aliphatic carbocycles. The van der Waals surface area contributed by atoms with Crippen molar-refractivity contribution in [1.82, 2.24) is 9.21 Å². The summed E-state index contributed by atoms with van der Waals surface area (Å²) in [6, 6.07) is 2.58. The van der Waals surface area contributed by atoms with E-state index in [2.05, 4.69) is 0 Å². The number of halogens is 8. The smallest absolute Gasteiger partial charge is 0.369 e. The average molecular weight is 575 g/mol. The van der Waals surface area contributed by atoms with Crippen LogP contribution >= 0.6 is 0 Å². The Morgan fingerprint density at radius 2 is 1.50 bits per heavy atom. The Labute approximate surface area is 214 Å². The minimum Gasteiger partial charge on any atom is -0.369 e. The van der Waals surface area contributed by atoms with Crippen LogP contribution in [0.5, 0.6) is 0 Å². The summed E-state index contributed by atoms with van der Waals surface area (Å²) in [7, 11) is -3.38. The molecule has 1 aliphatic heterocycles. The molecule has 0 unspecified atom stereocenters. The molecule has 0 amide bonds. The molecule has 0 spiro atoms. The van der Waals surface area contributed by atoms with Crippen molar-refractivity contribution in [2.75, 3.05) is 32.4 Å². The highest BCUT2D eigenvalue weighted by Crippen LogP contribution is 2.50. The molecule has 1 N–H and O–H groups in total. The second-order valence-corrected chi connectivity index (χ2v) is 11.2. The minimum absolute atomic E-state index is 0.0197. The van der Waals surface area contributed by atoms with Gasteiger partial charge in [0, 0.05) is 49.4 Å². The third kappa shape index (κ3) is 5.54. The van der Waals surface area contributed by atoms with Crippen molar-refractivity contribution in [3.63, 3.8) is 0 Å². The molecule has 0 aromatic heterocycles. The standard InChI is InChI=1S/C24H26F8N2O3S/c1-4-17-20(18-6-5-16(11-14(18)2)22(35,23(27,28)29)24(30,31)32)19(25)12-15(21(17)26)13-33-7-9-34(10-8-33)38(3,36)37/h5-6,11-12,35H,4,7-10,13H2,1-3H3. The lowest BCUT2D eigenvalue weighted by atomic mass is 9.86. The van der Waals surface area contributed by atoms with Crippen LogP contribution in [-0.2, 0) is 28.6 Å². The summed E-state index contributed by atoms with van der Waals surface area (Å²) in [6.45, 7) is 3.53. The first-order valence-electron chi connectivity index (χ1n) is 11.5. The van der Waals surface area contributed by atoms with Gasteiger partial charge < -0.3 is 5.11 Å². The van der Waals surface area contributed by atoms with Gasteiger partial charge in [-0.25, -0.2) is 17.2 Å². The highest BCUT2D eigenvalue weighted by atomic mass is 32.2. The van der Waals surface area contributed by atoms with E-state index in [9.17, 15) is 39.9 Å². The lowest BCUT2D eigenvalue weighted by Gasteiger charge is -2.33. The number of hydrogen-bond acceptors (Lipinski definition) is 4. The van der Waals surface area contributed by atoms with E-state index < -0.39 is 45.2 Å². The molecule has 2 aromatic rings. The topological polar surface area (TPSA) is 60.9 Å². The zero-order chi connectivity index (χ0) is 28.8. The molecule has 212 valence electrons. The van der Waals surface area contributed by atoms with Crippen LogP contribution in [0.2, 0.25) is 0 Å². The first-order chi connectivity index (χ1) is 17.3. The molecular weight excluding hydrogens is 548 g/mol. The number of benzene rings is 2. The molecule has 5 nitrogen and oxygen atoms in total. The Kier molecular flexibility index (Phi) is 8.25. The highest BCUT2D eigenvalue weighted by molar-refractivity contribution is 7.88. The Balaban J connectivity index is 2.00. The normalized spacial score (nSPS) is 16.7. The van der Waals surface area contributed by atoms with Gasteiger partial charge in [0.2, 0.25) is 10.0 Å². The van der Waals surface area contributed by atoms with E-state index in [4.69, 9.17) is 0 Å². The zero-order valence-electron chi connectivity index (χ0n) is 20.6. The fraction of sp³-hybridized carbons (Fsp3) is 0.500. The number of rotatable bonds is 6. The van der Waals surface area contributed by atoms with E-state index in [0.717, 1.165) is 25.3 Å². The summed E-state index contributed by atoms with van der Waals surface area (Å²) in [6.07, 6.45) is -11.1. The predicted octanol–water partition coefficient (Wildman–Crippen LogP) is 4.89. The summed E-state index contributed by atoms with van der Waals surface area (Å²) in [4.78, 5) is 1.74. The van der Waals surface area contributed by atoms with Crippen molar-refractivity contribution in [2.24, 2.45) is 0 Å². The van der Waals surface area contributed by atoms with Crippen molar-refractivity contribution in [3.05, 3.63) is 58.2 Å². The van der Waals surface area contributed by atoms with Gasteiger partial charge in [-0.3, -0.25) is 4.90 Å². The molecule has 0 saturated carbocycles. The third-order valence-corrected chi connectivity index (χ3v) is 7.97. The second-order valence-electron chi connectivity index (χ2n) is 9.21. The third-order valence-electron chi connectivity index (χ3n) is 6.67. The van der Waals surface area contributed by atoms with Gasteiger partial charge in [0.05, 0.1) is 6.26 Å². The van der Waals surface area contributed by atoms with Gasteiger partial charge >= 0.3 is 12.4 Å². The van der Waals surface area contributed by atoms with Gasteiger partial charge in [-0.05, 0) is 36.1 Å². The summed E-state index contributed by atoms with van der Waals surface area (Å²) in [5.74, 6) is -1.70. The molecular formula is C24H26F8N2O3S. The van der Waals surface area contributed by atoms with Crippen LogP contribution in [0, 0.1) is 18.6 Å². The van der Waals surface area contributed by atoms with Gasteiger partial charge in [-0.15, -0.1) is 0 Å². The van der Waals surface area contributed by atoms with E-state index in [1.807, 2.05) is 0 Å². The van der Waals surface area contributed by atoms with E-state index >= 15 is 8.78 Å². The summed E-state index contributed by atoms with van der Waals surface area (Å²) >= 11 is 0. The fourth-order valence-electron chi connectivity index (χ4n) is 4.59. The van der Waals surface area contributed by atoms with Crippen LogP contribution in [0.15, 0.2) is 24.3 Å². The molecule has 0 radical (unpaired) electrons. The van der Waals surface area contributed by atoms with Crippen LogP contribution in [0.3, 0.4) is 0 Å². The SMILES string of the molecule is CCc1c(F)c(CN2CCN(S(C)(=O)=O)CC2)cc(F)c1-c1ccc(C(O)(C(F)(F)F)C(F)(F)F)cc1C. The summed E-state index contributed by atoms with van der Waals surface area (Å²) in [5, 5.41) is 9.67. The Bertz CT molecular complexity index is 1290. The number of alkyl halides is 6. The van der Waals surface area contributed by atoms with E-state index in [1.54, 1.807) is 4.90 Å². The number of nitrogens with zero attached hydrogens (tertiary/aromatic N) is 2. The second kappa shape index (κ2) is 10.4. The lowest BCUT2D eigenvalue weighted by Crippen LogP contribution is -2.53. The number of piperazine rings is 1. The molecule has 3 rings (SSSR count). The molecule has 1 saturated heterocycles. The zero-order valence-corrected chi connectivity index (χ0v) is 21.5. The van der Waals surface area contributed by atoms with Crippen LogP contribution in [0.4, 0.5) is 35.1 Å². The molecule has 14 heteroatoms. The minimum atomic E-state index is -6.08. The fourth-order valence-corrected chi connectivity index (χ4v) is 5.42. The maximum absolute atomic E-state index is 15.5. The van der Waals surface area contributed by atoms with Crippen LogP contribution in [-0.4, -0.2) is 67.5 Å². The van der Waals surface area contributed by atoms with Gasteiger partial charge in [0.25, 0.3) is 5.60 Å². The molecule has 1 heterocycles. The summed E-state index contributed by atoms with van der Waals surface area (Å²) < 4.78 is 135. The average Bonchev–Trinajstić information content (AvgIpc) is 2.79. The first-order valence-corrected chi connectivity index (χ1v) is 13.3. The van der Waals surface area contributed by atoms with Crippen molar-refractivity contribution >= 4 is 10.0 Å². The number of aryl methyl sites for hydroxylation is 1. The molecule has 2 aromatic carbocycles. The van der Waals surface area contributed by atoms with E-state index in [-0.39, 0.29) is 67.0 Å². The van der Waals surface area contributed by atoms with Gasteiger partial charge in [0.1, 0.15) is 11.6 Å². The van der Waals surface area contributed by atoms with Crippen molar-refractivity contribution in [2.45, 2.75) is 44.8 Å². The van der Waals surface area contributed by atoms with Gasteiger partial charge in [0.15, 0.2) is 0 Å². The quantitative estimate of drug-likeness (QED) is 0.500. The van der Waals surface area contributed by atoms with E-state index in [1.165, 1.54) is 11.2 Å². The highest BCUT2D eigenvalue weighted by Gasteiger charge is 2.71. The van der Waals surface area contributed by atoms with Crippen LogP contribution in [0.1, 0.15) is 29.2 Å². The maximum atomic E-state index is 15.5. The molecule has 1 aliphatic rings. The van der Waals surface area contributed by atoms with Crippen molar-refractivity contribution in [1.29, 1.82) is 0 Å².